The predicted octanol–water partition coefficient (Wildman–Crippen LogP) is 2.10. The van der Waals surface area contributed by atoms with Gasteiger partial charge in [0.1, 0.15) is 0 Å². The lowest BCUT2D eigenvalue weighted by Crippen LogP contribution is -2.33. The van der Waals surface area contributed by atoms with Crippen LogP contribution in [0.5, 0.6) is 5.75 Å². The third kappa shape index (κ3) is 2.97. The quantitative estimate of drug-likeness (QED) is 0.906. The molecule has 5 nitrogen and oxygen atoms in total. The molecule has 0 bridgehead atoms. The number of fused-ring (bicyclic) bond motifs is 1. The van der Waals surface area contributed by atoms with Gasteiger partial charge in [-0.3, -0.25) is 4.79 Å². The Bertz CT molecular complexity index is 651. The number of aromatic hydroxyl groups is 1. The summed E-state index contributed by atoms with van der Waals surface area (Å²) in [7, 11) is 0. The Kier molecular flexibility index (Phi) is 4.01. The van der Waals surface area contributed by atoms with E-state index in [1.807, 2.05) is 18.2 Å². The van der Waals surface area contributed by atoms with Crippen LogP contribution in [0.25, 0.3) is 10.8 Å². The molecule has 3 rings (SSSR count). The number of carbonyl (C=O) groups is 1. The van der Waals surface area contributed by atoms with Crippen molar-refractivity contribution >= 4 is 16.7 Å². The topological polar surface area (TPSA) is 71.5 Å². The van der Waals surface area contributed by atoms with Crippen LogP contribution >= 0.6 is 0 Å². The van der Waals surface area contributed by atoms with E-state index in [-0.39, 0.29) is 17.4 Å². The number of amides is 1. The maximum absolute atomic E-state index is 12.2. The van der Waals surface area contributed by atoms with Crippen molar-refractivity contribution in [3.05, 3.63) is 36.2 Å². The fraction of sp³-hybridized carbons (Fsp3) is 0.375. The number of benzene rings is 1. The van der Waals surface area contributed by atoms with Gasteiger partial charge in [0.25, 0.3) is 5.91 Å². The monoisotopic (exact) mass is 286 g/mol. The lowest BCUT2D eigenvalue weighted by atomic mass is 10.0. The number of hydrogen-bond donors (Lipinski definition) is 2. The second-order valence-electron chi connectivity index (χ2n) is 5.34. The number of nitrogens with zero attached hydrogens (tertiary/aromatic N) is 1. The van der Waals surface area contributed by atoms with E-state index < -0.39 is 0 Å². The lowest BCUT2D eigenvalue weighted by Gasteiger charge is -2.22. The molecule has 5 heteroatoms. The van der Waals surface area contributed by atoms with Gasteiger partial charge in [0.05, 0.1) is 6.61 Å². The van der Waals surface area contributed by atoms with Crippen LogP contribution in [0.1, 0.15) is 23.3 Å². The van der Waals surface area contributed by atoms with E-state index in [1.165, 1.54) is 0 Å². The molecule has 1 saturated heterocycles. The minimum atomic E-state index is -0.344. The Morgan fingerprint density at radius 1 is 1.43 bits per heavy atom. The summed E-state index contributed by atoms with van der Waals surface area (Å²) in [6, 6.07) is 7.32. The molecule has 1 amide bonds. The fourth-order valence-corrected chi connectivity index (χ4v) is 2.60. The largest absolute Gasteiger partial charge is 0.505 e. The standard InChI is InChI=1S/C16H18N2O3/c19-15-13-6-2-1-5-12(13)9-17-14(15)16(20)18-8-11-4-3-7-21-10-11/h1-2,5-6,9,11,19H,3-4,7-8,10H2,(H,18,20). The highest BCUT2D eigenvalue weighted by molar-refractivity contribution is 6.01. The van der Waals surface area contributed by atoms with Gasteiger partial charge in [-0.05, 0) is 18.8 Å². The van der Waals surface area contributed by atoms with Crippen molar-refractivity contribution in [2.45, 2.75) is 12.8 Å². The van der Waals surface area contributed by atoms with Crippen LogP contribution in [0.3, 0.4) is 0 Å². The number of hydrogen-bond acceptors (Lipinski definition) is 4. The molecule has 0 radical (unpaired) electrons. The average molecular weight is 286 g/mol. The molecule has 110 valence electrons. The van der Waals surface area contributed by atoms with Crippen LogP contribution in [0.2, 0.25) is 0 Å². The molecule has 1 atom stereocenters. The summed E-state index contributed by atoms with van der Waals surface area (Å²) in [5, 5.41) is 14.5. The first-order valence-electron chi connectivity index (χ1n) is 7.18. The zero-order valence-corrected chi connectivity index (χ0v) is 11.7. The second kappa shape index (κ2) is 6.10. The van der Waals surface area contributed by atoms with Crippen LogP contribution in [0, 0.1) is 5.92 Å². The smallest absolute Gasteiger partial charge is 0.273 e. The van der Waals surface area contributed by atoms with E-state index >= 15 is 0 Å². The van der Waals surface area contributed by atoms with Crippen molar-refractivity contribution in [3.63, 3.8) is 0 Å². The average Bonchev–Trinajstić information content (AvgIpc) is 2.54. The Morgan fingerprint density at radius 2 is 2.29 bits per heavy atom. The molecule has 1 aromatic heterocycles. The summed E-state index contributed by atoms with van der Waals surface area (Å²) in [4.78, 5) is 16.3. The van der Waals surface area contributed by atoms with E-state index in [9.17, 15) is 9.90 Å². The summed E-state index contributed by atoms with van der Waals surface area (Å²) in [6.45, 7) is 2.03. The summed E-state index contributed by atoms with van der Waals surface area (Å²) < 4.78 is 5.39. The number of pyridine rings is 1. The highest BCUT2D eigenvalue weighted by Crippen LogP contribution is 2.26. The molecular formula is C16H18N2O3. The number of carbonyl (C=O) groups excluding carboxylic acids is 1. The van der Waals surface area contributed by atoms with Crippen LogP contribution in [-0.2, 0) is 4.74 Å². The fourth-order valence-electron chi connectivity index (χ4n) is 2.60. The van der Waals surface area contributed by atoms with Gasteiger partial charge in [-0.25, -0.2) is 4.98 Å². The summed E-state index contributed by atoms with van der Waals surface area (Å²) in [6.07, 6.45) is 3.69. The predicted molar refractivity (Wildman–Crippen MR) is 79.3 cm³/mol. The van der Waals surface area contributed by atoms with Gasteiger partial charge >= 0.3 is 0 Å². The normalized spacial score (nSPS) is 18.6. The van der Waals surface area contributed by atoms with Gasteiger partial charge in [-0.1, -0.05) is 24.3 Å². The van der Waals surface area contributed by atoms with E-state index in [0.29, 0.717) is 24.5 Å². The summed E-state index contributed by atoms with van der Waals surface area (Å²) in [5.74, 6) is -0.0698. The summed E-state index contributed by atoms with van der Waals surface area (Å²) in [5.41, 5.74) is 0.0745. The van der Waals surface area contributed by atoms with Crippen LogP contribution in [-0.4, -0.2) is 35.8 Å². The Morgan fingerprint density at radius 3 is 3.10 bits per heavy atom. The molecule has 21 heavy (non-hydrogen) atoms. The highest BCUT2D eigenvalue weighted by Gasteiger charge is 2.18. The van der Waals surface area contributed by atoms with Gasteiger partial charge in [-0.2, -0.15) is 0 Å². The Labute approximate surface area is 123 Å². The van der Waals surface area contributed by atoms with Gasteiger partial charge < -0.3 is 15.2 Å². The Hall–Kier alpha value is -2.14. The van der Waals surface area contributed by atoms with E-state index in [2.05, 4.69) is 10.3 Å². The molecule has 1 aromatic carbocycles. The molecule has 1 fully saturated rings. The zero-order chi connectivity index (χ0) is 14.7. The first kappa shape index (κ1) is 13.8. The minimum Gasteiger partial charge on any atom is -0.505 e. The summed E-state index contributed by atoms with van der Waals surface area (Å²) >= 11 is 0. The molecule has 1 aliphatic rings. The molecule has 1 aliphatic heterocycles. The van der Waals surface area contributed by atoms with Crippen LogP contribution in [0.15, 0.2) is 30.5 Å². The van der Waals surface area contributed by atoms with E-state index in [1.54, 1.807) is 12.3 Å². The van der Waals surface area contributed by atoms with Crippen molar-refractivity contribution in [1.29, 1.82) is 0 Å². The zero-order valence-electron chi connectivity index (χ0n) is 11.7. The number of ether oxygens (including phenoxy) is 1. The van der Waals surface area contributed by atoms with Crippen LogP contribution in [0.4, 0.5) is 0 Å². The van der Waals surface area contributed by atoms with E-state index in [4.69, 9.17) is 4.74 Å². The van der Waals surface area contributed by atoms with Crippen molar-refractivity contribution in [3.8, 4) is 5.75 Å². The maximum atomic E-state index is 12.2. The van der Waals surface area contributed by atoms with Crippen LogP contribution < -0.4 is 5.32 Å². The molecule has 0 spiro atoms. The van der Waals surface area contributed by atoms with Gasteiger partial charge in [0, 0.05) is 30.1 Å². The molecule has 1 unspecified atom stereocenters. The number of nitrogens with one attached hydrogen (secondary N) is 1. The number of aromatic nitrogens is 1. The van der Waals surface area contributed by atoms with Crippen molar-refractivity contribution in [2.75, 3.05) is 19.8 Å². The Balaban J connectivity index is 1.73. The molecule has 2 aromatic rings. The molecule has 0 saturated carbocycles. The molecule has 2 N–H and O–H groups in total. The third-order valence-electron chi connectivity index (χ3n) is 3.79. The maximum Gasteiger partial charge on any atom is 0.273 e. The highest BCUT2D eigenvalue weighted by atomic mass is 16.5. The third-order valence-corrected chi connectivity index (χ3v) is 3.79. The van der Waals surface area contributed by atoms with Crippen molar-refractivity contribution in [1.82, 2.24) is 10.3 Å². The molecule has 2 heterocycles. The van der Waals surface area contributed by atoms with E-state index in [0.717, 1.165) is 24.8 Å². The lowest BCUT2D eigenvalue weighted by molar-refractivity contribution is 0.0535. The molecule has 0 aliphatic carbocycles. The van der Waals surface area contributed by atoms with Gasteiger partial charge in [0.15, 0.2) is 11.4 Å². The van der Waals surface area contributed by atoms with Gasteiger partial charge in [-0.15, -0.1) is 0 Å². The van der Waals surface area contributed by atoms with Gasteiger partial charge in [0.2, 0.25) is 0 Å². The first-order chi connectivity index (χ1) is 10.3. The van der Waals surface area contributed by atoms with Crippen molar-refractivity contribution in [2.24, 2.45) is 5.92 Å². The minimum absolute atomic E-state index is 0.0644. The first-order valence-corrected chi connectivity index (χ1v) is 7.18. The SMILES string of the molecule is O=C(NCC1CCCOC1)c1ncc2ccccc2c1O. The number of rotatable bonds is 3. The van der Waals surface area contributed by atoms with Crippen molar-refractivity contribution < 1.29 is 14.6 Å². The second-order valence-corrected chi connectivity index (χ2v) is 5.34. The molecular weight excluding hydrogens is 268 g/mol.